The van der Waals surface area contributed by atoms with Crippen LogP contribution in [0.2, 0.25) is 0 Å². The first-order chi connectivity index (χ1) is 11.5. The van der Waals surface area contributed by atoms with E-state index in [2.05, 4.69) is 42.2 Å². The highest BCUT2D eigenvalue weighted by Gasteiger charge is 2.29. The van der Waals surface area contributed by atoms with Crippen molar-refractivity contribution >= 4 is 5.91 Å². The first kappa shape index (κ1) is 18.9. The lowest BCUT2D eigenvalue weighted by Gasteiger charge is -2.37. The van der Waals surface area contributed by atoms with Crippen LogP contribution in [-0.4, -0.2) is 47.9 Å². The summed E-state index contributed by atoms with van der Waals surface area (Å²) in [7, 11) is 0. The van der Waals surface area contributed by atoms with Crippen molar-refractivity contribution in [2.45, 2.75) is 46.2 Å². The molecule has 1 aromatic carbocycles. The molecule has 134 valence electrons. The van der Waals surface area contributed by atoms with Crippen molar-refractivity contribution in [2.24, 2.45) is 17.6 Å². The molecule has 2 unspecified atom stereocenters. The average molecular weight is 332 g/mol. The van der Waals surface area contributed by atoms with Crippen molar-refractivity contribution < 1.29 is 4.79 Å². The maximum atomic E-state index is 12.5. The van der Waals surface area contributed by atoms with Gasteiger partial charge in [-0.2, -0.15) is 0 Å². The van der Waals surface area contributed by atoms with E-state index in [1.165, 1.54) is 12.0 Å². The molecule has 2 N–H and O–H groups in total. The smallest absolute Gasteiger partial charge is 0.239 e. The SMILES string of the molecule is CCN(Cc1ccccc1)CC1CCCN(C(=O)C(N)C(C)C)C1. The third-order valence-corrected chi connectivity index (χ3v) is 5.05. The van der Waals surface area contributed by atoms with Crippen LogP contribution in [0.25, 0.3) is 0 Å². The van der Waals surface area contributed by atoms with Gasteiger partial charge in [0.2, 0.25) is 5.91 Å². The molecule has 0 spiro atoms. The summed E-state index contributed by atoms with van der Waals surface area (Å²) >= 11 is 0. The standard InChI is InChI=1S/C20H33N3O/c1-4-22(13-17-9-6-5-7-10-17)14-18-11-8-12-23(15-18)20(24)19(21)16(2)3/h5-7,9-10,16,18-19H,4,8,11-15,21H2,1-3H3. The number of amides is 1. The van der Waals surface area contributed by atoms with Gasteiger partial charge in [-0.1, -0.05) is 51.1 Å². The monoisotopic (exact) mass is 331 g/mol. The van der Waals surface area contributed by atoms with E-state index < -0.39 is 0 Å². The van der Waals surface area contributed by atoms with Crippen LogP contribution >= 0.6 is 0 Å². The van der Waals surface area contributed by atoms with Crippen LogP contribution in [0.5, 0.6) is 0 Å². The lowest BCUT2D eigenvalue weighted by atomic mass is 9.95. The molecular formula is C20H33N3O. The fourth-order valence-corrected chi connectivity index (χ4v) is 3.42. The van der Waals surface area contributed by atoms with Gasteiger partial charge in [-0.3, -0.25) is 9.69 Å². The van der Waals surface area contributed by atoms with Crippen molar-refractivity contribution in [3.8, 4) is 0 Å². The van der Waals surface area contributed by atoms with Gasteiger partial charge in [0, 0.05) is 26.2 Å². The van der Waals surface area contributed by atoms with Crippen LogP contribution in [0.1, 0.15) is 39.2 Å². The second kappa shape index (κ2) is 9.19. The van der Waals surface area contributed by atoms with E-state index in [1.54, 1.807) is 0 Å². The first-order valence-electron chi connectivity index (χ1n) is 9.32. The summed E-state index contributed by atoms with van der Waals surface area (Å²) in [5, 5.41) is 0. The number of carbonyl (C=O) groups excluding carboxylic acids is 1. The number of benzene rings is 1. The lowest BCUT2D eigenvalue weighted by Crippen LogP contribution is -2.51. The molecule has 1 aliphatic rings. The molecule has 24 heavy (non-hydrogen) atoms. The normalized spacial score (nSPS) is 19.8. The number of nitrogens with zero attached hydrogens (tertiary/aromatic N) is 2. The quantitative estimate of drug-likeness (QED) is 0.836. The number of carbonyl (C=O) groups is 1. The molecule has 1 aromatic rings. The highest BCUT2D eigenvalue weighted by molar-refractivity contribution is 5.82. The fraction of sp³-hybridized carbons (Fsp3) is 0.650. The Balaban J connectivity index is 1.90. The van der Waals surface area contributed by atoms with Crippen LogP contribution < -0.4 is 5.73 Å². The molecule has 0 bridgehead atoms. The molecule has 4 nitrogen and oxygen atoms in total. The molecule has 1 saturated heterocycles. The minimum absolute atomic E-state index is 0.126. The van der Waals surface area contributed by atoms with Gasteiger partial charge in [0.25, 0.3) is 0 Å². The van der Waals surface area contributed by atoms with Crippen molar-refractivity contribution in [2.75, 3.05) is 26.2 Å². The van der Waals surface area contributed by atoms with Gasteiger partial charge in [-0.15, -0.1) is 0 Å². The minimum Gasteiger partial charge on any atom is -0.341 e. The molecule has 1 fully saturated rings. The van der Waals surface area contributed by atoms with Crippen molar-refractivity contribution in [3.63, 3.8) is 0 Å². The number of hydrogen-bond acceptors (Lipinski definition) is 3. The minimum atomic E-state index is -0.365. The van der Waals surface area contributed by atoms with Crippen LogP contribution in [0.3, 0.4) is 0 Å². The highest BCUT2D eigenvalue weighted by atomic mass is 16.2. The summed E-state index contributed by atoms with van der Waals surface area (Å²) < 4.78 is 0. The molecule has 2 atom stereocenters. The molecule has 0 aromatic heterocycles. The Morgan fingerprint density at radius 1 is 1.33 bits per heavy atom. The number of piperidine rings is 1. The summed E-state index contributed by atoms with van der Waals surface area (Å²) in [5.74, 6) is 0.870. The van der Waals surface area contributed by atoms with Gasteiger partial charge in [-0.05, 0) is 36.8 Å². The van der Waals surface area contributed by atoms with E-state index >= 15 is 0 Å². The Morgan fingerprint density at radius 2 is 2.04 bits per heavy atom. The van der Waals surface area contributed by atoms with Crippen molar-refractivity contribution in [3.05, 3.63) is 35.9 Å². The van der Waals surface area contributed by atoms with E-state index in [0.29, 0.717) is 5.92 Å². The zero-order chi connectivity index (χ0) is 17.5. The van der Waals surface area contributed by atoms with Crippen LogP contribution in [0.4, 0.5) is 0 Å². The lowest BCUT2D eigenvalue weighted by molar-refractivity contribution is -0.135. The summed E-state index contributed by atoms with van der Waals surface area (Å²) in [6, 6.07) is 10.2. The average Bonchev–Trinajstić information content (AvgIpc) is 2.61. The molecule has 4 heteroatoms. The van der Waals surface area contributed by atoms with Gasteiger partial charge >= 0.3 is 0 Å². The zero-order valence-electron chi connectivity index (χ0n) is 15.4. The molecule has 0 saturated carbocycles. The van der Waals surface area contributed by atoms with Gasteiger partial charge in [0.1, 0.15) is 0 Å². The summed E-state index contributed by atoms with van der Waals surface area (Å²) in [6.07, 6.45) is 2.29. The summed E-state index contributed by atoms with van der Waals surface area (Å²) in [6.45, 7) is 11.0. The number of nitrogens with two attached hydrogens (primary N) is 1. The molecule has 1 heterocycles. The Bertz CT molecular complexity index is 503. The molecule has 2 rings (SSSR count). The molecular weight excluding hydrogens is 298 g/mol. The predicted molar refractivity (Wildman–Crippen MR) is 99.5 cm³/mol. The van der Waals surface area contributed by atoms with Crippen LogP contribution in [-0.2, 0) is 11.3 Å². The van der Waals surface area contributed by atoms with E-state index in [4.69, 9.17) is 5.73 Å². The highest BCUT2D eigenvalue weighted by Crippen LogP contribution is 2.20. The first-order valence-corrected chi connectivity index (χ1v) is 9.32. The molecule has 0 aliphatic carbocycles. The summed E-state index contributed by atoms with van der Waals surface area (Å²) in [4.78, 5) is 17.0. The van der Waals surface area contributed by atoms with E-state index in [9.17, 15) is 4.79 Å². The Morgan fingerprint density at radius 3 is 2.67 bits per heavy atom. The Kier molecular flexibility index (Phi) is 7.25. The number of rotatable bonds is 7. The topological polar surface area (TPSA) is 49.6 Å². The maximum absolute atomic E-state index is 12.5. The number of hydrogen-bond donors (Lipinski definition) is 1. The van der Waals surface area contributed by atoms with Crippen LogP contribution in [0.15, 0.2) is 30.3 Å². The predicted octanol–water partition coefficient (Wildman–Crippen LogP) is 2.73. The second-order valence-electron chi connectivity index (χ2n) is 7.38. The van der Waals surface area contributed by atoms with E-state index in [-0.39, 0.29) is 17.9 Å². The van der Waals surface area contributed by atoms with Gasteiger partial charge < -0.3 is 10.6 Å². The van der Waals surface area contributed by atoms with Gasteiger partial charge in [0.05, 0.1) is 6.04 Å². The van der Waals surface area contributed by atoms with Gasteiger partial charge in [0.15, 0.2) is 0 Å². The van der Waals surface area contributed by atoms with Crippen LogP contribution in [0, 0.1) is 11.8 Å². The maximum Gasteiger partial charge on any atom is 0.239 e. The third-order valence-electron chi connectivity index (χ3n) is 5.05. The largest absolute Gasteiger partial charge is 0.341 e. The zero-order valence-corrected chi connectivity index (χ0v) is 15.4. The van der Waals surface area contributed by atoms with Gasteiger partial charge in [-0.25, -0.2) is 0 Å². The van der Waals surface area contributed by atoms with Crippen molar-refractivity contribution in [1.82, 2.24) is 9.80 Å². The molecule has 1 aliphatic heterocycles. The third kappa shape index (κ3) is 5.32. The summed E-state index contributed by atoms with van der Waals surface area (Å²) in [5.41, 5.74) is 7.42. The van der Waals surface area contributed by atoms with Crippen molar-refractivity contribution in [1.29, 1.82) is 0 Å². The van der Waals surface area contributed by atoms with E-state index in [1.807, 2.05) is 18.7 Å². The molecule has 0 radical (unpaired) electrons. The second-order valence-corrected chi connectivity index (χ2v) is 7.38. The number of likely N-dealkylation sites (tertiary alicyclic amines) is 1. The Labute approximate surface area is 147 Å². The van der Waals surface area contributed by atoms with E-state index in [0.717, 1.165) is 39.1 Å². The fourth-order valence-electron chi connectivity index (χ4n) is 3.42. The Hall–Kier alpha value is -1.39. The molecule has 1 amide bonds.